The maximum absolute atomic E-state index is 11.1. The molecule has 0 unspecified atom stereocenters. The third-order valence-electron chi connectivity index (χ3n) is 1.87. The number of ketones is 1. The van der Waals surface area contributed by atoms with Gasteiger partial charge in [-0.15, -0.1) is 0 Å². The van der Waals surface area contributed by atoms with Crippen LogP contribution >= 0.6 is 0 Å². The third-order valence-corrected chi connectivity index (χ3v) is 1.87. The van der Waals surface area contributed by atoms with Crippen molar-refractivity contribution in [2.24, 2.45) is 5.73 Å². The number of carbonyl (C=O) groups is 3. The second-order valence-electron chi connectivity index (χ2n) is 3.55. The molecule has 0 amide bonds. The summed E-state index contributed by atoms with van der Waals surface area (Å²) in [5.41, 5.74) is 6.41. The van der Waals surface area contributed by atoms with Gasteiger partial charge in [-0.3, -0.25) is 4.79 Å². The van der Waals surface area contributed by atoms with Gasteiger partial charge in [0.15, 0.2) is 5.78 Å². The van der Waals surface area contributed by atoms with Gasteiger partial charge in [-0.1, -0.05) is 36.4 Å². The van der Waals surface area contributed by atoms with E-state index >= 15 is 0 Å². The summed E-state index contributed by atoms with van der Waals surface area (Å²) in [6, 6.07) is 9.24. The number of hydrogen-bond donors (Lipinski definition) is 3. The molecule has 0 spiro atoms. The smallest absolute Gasteiger partial charge is 0.414 e. The summed E-state index contributed by atoms with van der Waals surface area (Å²) in [6.07, 6.45) is 3.28. The fraction of sp³-hybridized carbons (Fsp3) is 0.154. The molecule has 0 heterocycles. The molecule has 0 saturated heterocycles. The van der Waals surface area contributed by atoms with Crippen LogP contribution in [-0.4, -0.2) is 34.0 Å². The summed E-state index contributed by atoms with van der Waals surface area (Å²) in [5, 5.41) is 14.8. The van der Waals surface area contributed by atoms with Crippen LogP contribution < -0.4 is 5.73 Å². The van der Waals surface area contributed by atoms with Gasteiger partial charge in [0.05, 0.1) is 6.04 Å². The van der Waals surface area contributed by atoms with Gasteiger partial charge < -0.3 is 15.9 Å². The minimum Gasteiger partial charge on any atom is -0.473 e. The van der Waals surface area contributed by atoms with E-state index in [1.165, 1.54) is 6.08 Å². The van der Waals surface area contributed by atoms with Crippen LogP contribution in [0.2, 0.25) is 0 Å². The molecule has 0 aromatic heterocycles. The molecule has 6 heteroatoms. The number of carboxylic acids is 2. The minimum atomic E-state index is -1.82. The second kappa shape index (κ2) is 8.60. The van der Waals surface area contributed by atoms with Crippen molar-refractivity contribution in [1.29, 1.82) is 0 Å². The lowest BCUT2D eigenvalue weighted by atomic mass is 10.1. The fourth-order valence-corrected chi connectivity index (χ4v) is 0.894. The first-order valence-corrected chi connectivity index (χ1v) is 5.33. The summed E-state index contributed by atoms with van der Waals surface area (Å²) in [4.78, 5) is 29.3. The maximum Gasteiger partial charge on any atom is 0.414 e. The molecule has 1 aromatic rings. The van der Waals surface area contributed by atoms with E-state index in [9.17, 15) is 4.79 Å². The summed E-state index contributed by atoms with van der Waals surface area (Å²) in [5.74, 6) is -3.70. The van der Waals surface area contributed by atoms with Gasteiger partial charge in [-0.2, -0.15) is 0 Å². The Labute approximate surface area is 110 Å². The fourth-order valence-electron chi connectivity index (χ4n) is 0.894. The third kappa shape index (κ3) is 8.28. The van der Waals surface area contributed by atoms with Crippen LogP contribution in [0.25, 0.3) is 6.08 Å². The number of benzene rings is 1. The second-order valence-corrected chi connectivity index (χ2v) is 3.55. The van der Waals surface area contributed by atoms with Crippen molar-refractivity contribution in [1.82, 2.24) is 0 Å². The Hall–Kier alpha value is -2.47. The van der Waals surface area contributed by atoms with Crippen molar-refractivity contribution < 1.29 is 24.6 Å². The highest BCUT2D eigenvalue weighted by Crippen LogP contribution is 2.01. The van der Waals surface area contributed by atoms with Crippen LogP contribution in [0.5, 0.6) is 0 Å². The van der Waals surface area contributed by atoms with E-state index in [0.717, 1.165) is 5.56 Å². The number of carboxylic acid groups (broad SMARTS) is 2. The van der Waals surface area contributed by atoms with E-state index in [-0.39, 0.29) is 5.78 Å². The molecule has 1 aromatic carbocycles. The quantitative estimate of drug-likeness (QED) is 0.549. The average Bonchev–Trinajstić information content (AvgIpc) is 2.37. The molecule has 0 radical (unpaired) electrons. The van der Waals surface area contributed by atoms with Gasteiger partial charge in [-0.25, -0.2) is 9.59 Å². The molecule has 0 saturated carbocycles. The Balaban J connectivity index is 0.000000459. The van der Waals surface area contributed by atoms with Crippen molar-refractivity contribution in [3.63, 3.8) is 0 Å². The number of rotatable bonds is 3. The molecule has 102 valence electrons. The summed E-state index contributed by atoms with van der Waals surface area (Å²) < 4.78 is 0. The molecule has 0 aliphatic carbocycles. The largest absolute Gasteiger partial charge is 0.473 e. The average molecular weight is 265 g/mol. The normalized spacial score (nSPS) is 11.3. The zero-order valence-corrected chi connectivity index (χ0v) is 10.3. The van der Waals surface area contributed by atoms with Crippen LogP contribution in [0.1, 0.15) is 12.5 Å². The zero-order valence-electron chi connectivity index (χ0n) is 10.3. The monoisotopic (exact) mass is 265 g/mol. The molecule has 1 rings (SSSR count). The highest BCUT2D eigenvalue weighted by Gasteiger charge is 2.04. The van der Waals surface area contributed by atoms with Gasteiger partial charge in [-0.05, 0) is 18.6 Å². The molecule has 0 aliphatic rings. The minimum absolute atomic E-state index is 0.0520. The van der Waals surface area contributed by atoms with Gasteiger partial charge in [0.1, 0.15) is 0 Å². The van der Waals surface area contributed by atoms with Gasteiger partial charge >= 0.3 is 11.9 Å². The summed E-state index contributed by atoms with van der Waals surface area (Å²) in [6.45, 7) is 1.68. The Morgan fingerprint density at radius 1 is 1.11 bits per heavy atom. The molecule has 0 fully saturated rings. The molecular weight excluding hydrogens is 250 g/mol. The van der Waals surface area contributed by atoms with E-state index in [4.69, 9.17) is 25.5 Å². The topological polar surface area (TPSA) is 118 Å². The van der Waals surface area contributed by atoms with Crippen LogP contribution in [0.3, 0.4) is 0 Å². The van der Waals surface area contributed by atoms with Crippen LogP contribution in [-0.2, 0) is 14.4 Å². The molecule has 1 atom stereocenters. The molecule has 0 aliphatic heterocycles. The Kier molecular flexibility index (Phi) is 7.48. The lowest BCUT2D eigenvalue weighted by molar-refractivity contribution is -0.159. The molecule has 19 heavy (non-hydrogen) atoms. The Morgan fingerprint density at radius 2 is 1.58 bits per heavy atom. The van der Waals surface area contributed by atoms with Crippen LogP contribution in [0.15, 0.2) is 36.4 Å². The van der Waals surface area contributed by atoms with E-state index < -0.39 is 18.0 Å². The highest BCUT2D eigenvalue weighted by atomic mass is 16.4. The number of aliphatic carboxylic acids is 2. The van der Waals surface area contributed by atoms with Crippen molar-refractivity contribution in [3.8, 4) is 0 Å². The Bertz CT molecular complexity index is 453. The van der Waals surface area contributed by atoms with Gasteiger partial charge in [0.25, 0.3) is 0 Å². The SMILES string of the molecule is C[C@@H](N)C(=O)/C=C/c1ccccc1.O=C(O)C(=O)O. The number of hydrogen-bond acceptors (Lipinski definition) is 4. The van der Waals surface area contributed by atoms with Crippen LogP contribution in [0.4, 0.5) is 0 Å². The predicted molar refractivity (Wildman–Crippen MR) is 69.4 cm³/mol. The summed E-state index contributed by atoms with van der Waals surface area (Å²) in [7, 11) is 0. The van der Waals surface area contributed by atoms with E-state index in [1.807, 2.05) is 30.3 Å². The van der Waals surface area contributed by atoms with Gasteiger partial charge in [0.2, 0.25) is 0 Å². The van der Waals surface area contributed by atoms with Crippen LogP contribution in [0, 0.1) is 0 Å². The maximum atomic E-state index is 11.1. The van der Waals surface area contributed by atoms with E-state index in [1.54, 1.807) is 13.0 Å². The van der Waals surface area contributed by atoms with Crippen molar-refractivity contribution >= 4 is 23.8 Å². The van der Waals surface area contributed by atoms with Crippen molar-refractivity contribution in [3.05, 3.63) is 42.0 Å². The molecule has 4 N–H and O–H groups in total. The van der Waals surface area contributed by atoms with Crippen molar-refractivity contribution in [2.45, 2.75) is 13.0 Å². The predicted octanol–water partition coefficient (Wildman–Crippen LogP) is 0.772. The number of nitrogens with two attached hydrogens (primary N) is 1. The lowest BCUT2D eigenvalue weighted by Gasteiger charge is -1.96. The summed E-state index contributed by atoms with van der Waals surface area (Å²) >= 11 is 0. The van der Waals surface area contributed by atoms with E-state index in [2.05, 4.69) is 0 Å². The lowest BCUT2D eigenvalue weighted by Crippen LogP contribution is -2.24. The molecule has 0 bridgehead atoms. The highest BCUT2D eigenvalue weighted by molar-refractivity contribution is 6.27. The first-order valence-electron chi connectivity index (χ1n) is 5.33. The Morgan fingerprint density at radius 3 is 1.95 bits per heavy atom. The molecular formula is C13H15NO5. The molecule has 6 nitrogen and oxygen atoms in total. The van der Waals surface area contributed by atoms with Gasteiger partial charge in [0, 0.05) is 0 Å². The standard InChI is InChI=1S/C11H13NO.C2H2O4/c1-9(12)11(13)8-7-10-5-3-2-4-6-10;3-1(4)2(5)6/h2-9H,12H2,1H3;(H,3,4)(H,5,6)/b8-7+;/t9-;/m1./s1. The number of carbonyl (C=O) groups excluding carboxylic acids is 1. The zero-order chi connectivity index (χ0) is 14.8. The van der Waals surface area contributed by atoms with Crippen molar-refractivity contribution in [2.75, 3.05) is 0 Å². The first-order chi connectivity index (χ1) is 8.84. The van der Waals surface area contributed by atoms with E-state index in [0.29, 0.717) is 0 Å². The first kappa shape index (κ1) is 16.5.